The lowest BCUT2D eigenvalue weighted by atomic mass is 9.97. The Morgan fingerprint density at radius 1 is 0.952 bits per heavy atom. The summed E-state index contributed by atoms with van der Waals surface area (Å²) >= 11 is 0. The van der Waals surface area contributed by atoms with Crippen LogP contribution in [0.25, 0.3) is 21.9 Å². The van der Waals surface area contributed by atoms with E-state index in [9.17, 15) is 8.78 Å². The molecule has 21 heavy (non-hydrogen) atoms. The van der Waals surface area contributed by atoms with Crippen LogP contribution in [0.1, 0.15) is 5.69 Å². The van der Waals surface area contributed by atoms with Crippen LogP contribution in [0.3, 0.4) is 0 Å². The molecule has 0 aliphatic carbocycles. The molecule has 2 nitrogen and oxygen atoms in total. The van der Waals surface area contributed by atoms with E-state index < -0.39 is 11.6 Å². The summed E-state index contributed by atoms with van der Waals surface area (Å²) in [5.74, 6) is -0.430. The van der Waals surface area contributed by atoms with E-state index in [-0.39, 0.29) is 0 Å². The molecule has 0 spiro atoms. The van der Waals surface area contributed by atoms with Gasteiger partial charge in [-0.1, -0.05) is 24.3 Å². The molecule has 1 aromatic heterocycles. The number of hydrogen-bond donors (Lipinski definition) is 1. The van der Waals surface area contributed by atoms with Crippen molar-refractivity contribution in [2.45, 2.75) is 6.92 Å². The molecule has 0 aliphatic heterocycles. The molecule has 4 heteroatoms. The number of nitrogens with one attached hydrogen (secondary N) is 1. The number of rotatable bonds is 2. The Morgan fingerprint density at radius 2 is 1.57 bits per heavy atom. The van der Waals surface area contributed by atoms with Gasteiger partial charge in [-0.15, -0.1) is 0 Å². The number of halogens is 2. The largest absolute Gasteiger partial charge is 0.373 e. The van der Waals surface area contributed by atoms with Crippen LogP contribution in [-0.2, 0) is 0 Å². The summed E-state index contributed by atoms with van der Waals surface area (Å²) in [6.07, 6.45) is 0. The van der Waals surface area contributed by atoms with E-state index in [2.05, 4.69) is 10.3 Å². The molecular weight excluding hydrogens is 270 g/mol. The van der Waals surface area contributed by atoms with Crippen LogP contribution in [0.2, 0.25) is 0 Å². The fourth-order valence-electron chi connectivity index (χ4n) is 2.64. The molecule has 0 saturated heterocycles. The zero-order chi connectivity index (χ0) is 15.0. The van der Waals surface area contributed by atoms with Crippen molar-refractivity contribution < 1.29 is 8.78 Å². The van der Waals surface area contributed by atoms with Crippen molar-refractivity contribution in [2.24, 2.45) is 0 Å². The van der Waals surface area contributed by atoms with Gasteiger partial charge >= 0.3 is 0 Å². The molecular formula is C17H14F2N2. The second-order valence-electron chi connectivity index (χ2n) is 4.87. The van der Waals surface area contributed by atoms with Gasteiger partial charge in [0.1, 0.15) is 17.5 Å². The Balaban J connectivity index is 2.39. The molecule has 0 fully saturated rings. The molecule has 1 heterocycles. The summed E-state index contributed by atoms with van der Waals surface area (Å²) in [5.41, 5.74) is 1.97. The van der Waals surface area contributed by atoms with Crippen molar-refractivity contribution in [1.29, 1.82) is 0 Å². The Kier molecular flexibility index (Phi) is 3.29. The van der Waals surface area contributed by atoms with E-state index in [1.165, 1.54) is 12.1 Å². The third-order valence-electron chi connectivity index (χ3n) is 3.48. The number of pyridine rings is 1. The number of benzene rings is 2. The topological polar surface area (TPSA) is 24.9 Å². The first-order valence-corrected chi connectivity index (χ1v) is 6.63. The first-order chi connectivity index (χ1) is 10.1. The minimum atomic E-state index is -0.592. The fraction of sp³-hybridized carbons (Fsp3) is 0.118. The SMILES string of the molecule is CNc1nc(C)c(-c2cc(F)cc(F)c2)c2ccccc12. The zero-order valence-electron chi connectivity index (χ0n) is 11.7. The summed E-state index contributed by atoms with van der Waals surface area (Å²) in [6.45, 7) is 1.84. The summed E-state index contributed by atoms with van der Waals surface area (Å²) < 4.78 is 27.0. The van der Waals surface area contributed by atoms with E-state index >= 15 is 0 Å². The van der Waals surface area contributed by atoms with Crippen LogP contribution in [-0.4, -0.2) is 12.0 Å². The van der Waals surface area contributed by atoms with Crippen LogP contribution in [0, 0.1) is 18.6 Å². The van der Waals surface area contributed by atoms with Crippen LogP contribution in [0.5, 0.6) is 0 Å². The highest BCUT2D eigenvalue weighted by atomic mass is 19.1. The summed E-state index contributed by atoms with van der Waals surface area (Å²) in [7, 11) is 1.80. The van der Waals surface area contributed by atoms with E-state index in [1.807, 2.05) is 31.2 Å². The second kappa shape index (κ2) is 5.13. The highest BCUT2D eigenvalue weighted by Gasteiger charge is 2.13. The molecule has 0 atom stereocenters. The molecule has 0 bridgehead atoms. The smallest absolute Gasteiger partial charge is 0.133 e. The maximum absolute atomic E-state index is 13.5. The van der Waals surface area contributed by atoms with Crippen molar-refractivity contribution in [3.8, 4) is 11.1 Å². The first kappa shape index (κ1) is 13.5. The molecule has 3 rings (SSSR count). The number of aromatic nitrogens is 1. The van der Waals surface area contributed by atoms with E-state index in [1.54, 1.807) is 7.05 Å². The van der Waals surface area contributed by atoms with Gasteiger partial charge in [0, 0.05) is 29.8 Å². The predicted octanol–water partition coefficient (Wildman–Crippen LogP) is 4.53. The van der Waals surface area contributed by atoms with E-state index in [4.69, 9.17) is 0 Å². The van der Waals surface area contributed by atoms with Gasteiger partial charge < -0.3 is 5.32 Å². The summed E-state index contributed by atoms with van der Waals surface area (Å²) in [6, 6.07) is 11.2. The quantitative estimate of drug-likeness (QED) is 0.748. The molecule has 0 radical (unpaired) electrons. The highest BCUT2D eigenvalue weighted by molar-refractivity contribution is 6.02. The average Bonchev–Trinajstić information content (AvgIpc) is 2.45. The van der Waals surface area contributed by atoms with Crippen LogP contribution in [0.4, 0.5) is 14.6 Å². The lowest BCUT2D eigenvalue weighted by Gasteiger charge is -2.14. The molecule has 106 valence electrons. The number of fused-ring (bicyclic) bond motifs is 1. The number of aryl methyl sites for hydroxylation is 1. The van der Waals surface area contributed by atoms with Crippen molar-refractivity contribution in [3.63, 3.8) is 0 Å². The molecule has 0 amide bonds. The molecule has 2 aromatic carbocycles. The van der Waals surface area contributed by atoms with Crippen molar-refractivity contribution >= 4 is 16.6 Å². The van der Waals surface area contributed by atoms with Gasteiger partial charge in [0.15, 0.2) is 0 Å². The van der Waals surface area contributed by atoms with Crippen molar-refractivity contribution in [1.82, 2.24) is 4.98 Å². The van der Waals surface area contributed by atoms with Gasteiger partial charge in [-0.25, -0.2) is 13.8 Å². The number of anilines is 1. The molecule has 0 saturated carbocycles. The van der Waals surface area contributed by atoms with E-state index in [0.717, 1.165) is 33.9 Å². The number of hydrogen-bond acceptors (Lipinski definition) is 2. The predicted molar refractivity (Wildman–Crippen MR) is 81.4 cm³/mol. The second-order valence-corrected chi connectivity index (χ2v) is 4.87. The minimum Gasteiger partial charge on any atom is -0.373 e. The summed E-state index contributed by atoms with van der Waals surface area (Å²) in [5, 5.41) is 4.89. The molecule has 3 aromatic rings. The fourth-order valence-corrected chi connectivity index (χ4v) is 2.64. The van der Waals surface area contributed by atoms with Gasteiger partial charge in [0.25, 0.3) is 0 Å². The van der Waals surface area contributed by atoms with E-state index in [0.29, 0.717) is 5.56 Å². The first-order valence-electron chi connectivity index (χ1n) is 6.63. The Labute approximate surface area is 121 Å². The van der Waals surface area contributed by atoms with Crippen LogP contribution in [0.15, 0.2) is 42.5 Å². The third kappa shape index (κ3) is 2.33. The highest BCUT2D eigenvalue weighted by Crippen LogP contribution is 2.34. The average molecular weight is 284 g/mol. The lowest BCUT2D eigenvalue weighted by Crippen LogP contribution is -1.99. The number of nitrogens with zero attached hydrogens (tertiary/aromatic N) is 1. The van der Waals surface area contributed by atoms with Crippen molar-refractivity contribution in [3.05, 3.63) is 59.8 Å². The molecule has 0 aliphatic rings. The van der Waals surface area contributed by atoms with Gasteiger partial charge in [0.05, 0.1) is 0 Å². The summed E-state index contributed by atoms with van der Waals surface area (Å²) in [4.78, 5) is 4.50. The standard InChI is InChI=1S/C17H14F2N2/c1-10-16(11-7-12(18)9-13(19)8-11)14-5-3-4-6-15(14)17(20-2)21-10/h3-9H,1-2H3,(H,20,21). The Bertz CT molecular complexity index is 808. The molecule has 0 unspecified atom stereocenters. The van der Waals surface area contributed by atoms with Gasteiger partial charge in [-0.3, -0.25) is 0 Å². The Morgan fingerprint density at radius 3 is 2.19 bits per heavy atom. The maximum atomic E-state index is 13.5. The molecule has 1 N–H and O–H groups in total. The maximum Gasteiger partial charge on any atom is 0.133 e. The minimum absolute atomic E-state index is 0.497. The van der Waals surface area contributed by atoms with Crippen LogP contribution < -0.4 is 5.32 Å². The lowest BCUT2D eigenvalue weighted by molar-refractivity contribution is 0.584. The van der Waals surface area contributed by atoms with Gasteiger partial charge in [-0.2, -0.15) is 0 Å². The van der Waals surface area contributed by atoms with Gasteiger partial charge in [0.2, 0.25) is 0 Å². The zero-order valence-corrected chi connectivity index (χ0v) is 11.7. The normalized spacial score (nSPS) is 10.9. The monoisotopic (exact) mass is 284 g/mol. The Hall–Kier alpha value is -2.49. The van der Waals surface area contributed by atoms with Gasteiger partial charge in [-0.05, 0) is 30.0 Å². The van der Waals surface area contributed by atoms with Crippen molar-refractivity contribution in [2.75, 3.05) is 12.4 Å². The third-order valence-corrected chi connectivity index (χ3v) is 3.48. The van der Waals surface area contributed by atoms with Crippen LogP contribution >= 0.6 is 0 Å².